The van der Waals surface area contributed by atoms with Crippen molar-refractivity contribution in [2.45, 2.75) is 64.6 Å². The molecule has 0 aliphatic carbocycles. The Hall–Kier alpha value is -2.82. The Kier molecular flexibility index (Phi) is 11.0. The molecular formula is C25H37FN4O5S. The minimum Gasteiger partial charge on any atom is -0.444 e. The van der Waals surface area contributed by atoms with Gasteiger partial charge in [0.1, 0.15) is 23.5 Å². The lowest BCUT2D eigenvalue weighted by Crippen LogP contribution is -2.53. The van der Waals surface area contributed by atoms with Gasteiger partial charge in [-0.15, -0.1) is 0 Å². The van der Waals surface area contributed by atoms with Crippen LogP contribution in [0.1, 0.15) is 47.0 Å². The Bertz CT molecular complexity index is 914. The van der Waals surface area contributed by atoms with Crippen LogP contribution in [0.25, 0.3) is 0 Å². The van der Waals surface area contributed by atoms with Crippen molar-refractivity contribution in [1.82, 2.24) is 15.5 Å². The van der Waals surface area contributed by atoms with E-state index in [0.717, 1.165) is 0 Å². The van der Waals surface area contributed by atoms with Crippen molar-refractivity contribution >= 4 is 41.3 Å². The highest BCUT2D eigenvalue weighted by molar-refractivity contribution is 7.98. The highest BCUT2D eigenvalue weighted by Crippen LogP contribution is 2.20. The molecule has 1 aromatic carbocycles. The molecule has 0 aromatic heterocycles. The molecular weight excluding hydrogens is 487 g/mol. The van der Waals surface area contributed by atoms with Crippen LogP contribution in [0.2, 0.25) is 0 Å². The maximum atomic E-state index is 13.1. The predicted octanol–water partition coefficient (Wildman–Crippen LogP) is 3.15. The second kappa shape index (κ2) is 13.5. The topological polar surface area (TPSA) is 117 Å². The zero-order valence-corrected chi connectivity index (χ0v) is 22.4. The smallest absolute Gasteiger partial charge is 0.408 e. The number of hydrogen-bond acceptors (Lipinski definition) is 6. The van der Waals surface area contributed by atoms with E-state index in [-0.39, 0.29) is 17.7 Å². The lowest BCUT2D eigenvalue weighted by Gasteiger charge is -2.34. The van der Waals surface area contributed by atoms with Gasteiger partial charge in [0.15, 0.2) is 0 Å². The summed E-state index contributed by atoms with van der Waals surface area (Å²) in [7, 11) is 0. The molecule has 11 heteroatoms. The van der Waals surface area contributed by atoms with Crippen LogP contribution in [0.5, 0.6) is 0 Å². The molecule has 1 aliphatic rings. The average Bonchev–Trinajstić information content (AvgIpc) is 2.81. The monoisotopic (exact) mass is 524 g/mol. The van der Waals surface area contributed by atoms with Crippen molar-refractivity contribution in [3.63, 3.8) is 0 Å². The first-order chi connectivity index (χ1) is 16.9. The molecule has 1 aromatic rings. The van der Waals surface area contributed by atoms with Crippen LogP contribution in [0.3, 0.4) is 0 Å². The summed E-state index contributed by atoms with van der Waals surface area (Å²) in [6.07, 6.45) is 2.67. The summed E-state index contributed by atoms with van der Waals surface area (Å²) in [6, 6.07) is 3.88. The maximum Gasteiger partial charge on any atom is 0.408 e. The van der Waals surface area contributed by atoms with Crippen LogP contribution in [-0.4, -0.2) is 71.5 Å². The minimum absolute atomic E-state index is 0.194. The third-order valence-electron chi connectivity index (χ3n) is 5.64. The number of benzene rings is 1. The Morgan fingerprint density at radius 3 is 2.28 bits per heavy atom. The van der Waals surface area contributed by atoms with Gasteiger partial charge in [-0.25, -0.2) is 9.18 Å². The van der Waals surface area contributed by atoms with E-state index in [1.807, 2.05) is 6.26 Å². The summed E-state index contributed by atoms with van der Waals surface area (Å²) in [5.41, 5.74) is -0.235. The second-order valence-corrected chi connectivity index (χ2v) is 10.8. The number of hydrogen-bond donors (Lipinski definition) is 3. The van der Waals surface area contributed by atoms with Crippen molar-refractivity contribution in [3.8, 4) is 0 Å². The first-order valence-corrected chi connectivity index (χ1v) is 13.4. The van der Waals surface area contributed by atoms with E-state index in [9.17, 15) is 23.6 Å². The minimum atomic E-state index is -0.781. The van der Waals surface area contributed by atoms with Gasteiger partial charge in [-0.1, -0.05) is 0 Å². The Morgan fingerprint density at radius 2 is 1.72 bits per heavy atom. The number of carbonyl (C=O) groups is 4. The van der Waals surface area contributed by atoms with Crippen molar-refractivity contribution < 1.29 is 28.3 Å². The average molecular weight is 525 g/mol. The van der Waals surface area contributed by atoms with E-state index in [0.29, 0.717) is 43.8 Å². The molecule has 1 saturated heterocycles. The molecule has 0 radical (unpaired) electrons. The van der Waals surface area contributed by atoms with Gasteiger partial charge in [0.05, 0.1) is 0 Å². The zero-order chi connectivity index (χ0) is 26.9. The summed E-state index contributed by atoms with van der Waals surface area (Å²) in [4.78, 5) is 52.1. The number of likely N-dealkylation sites (tertiary alicyclic amines) is 1. The number of carbonyl (C=O) groups excluding carboxylic acids is 4. The fraction of sp³-hybridized carbons (Fsp3) is 0.600. The van der Waals surface area contributed by atoms with Gasteiger partial charge in [-0.05, 0) is 83.2 Å². The van der Waals surface area contributed by atoms with Crippen molar-refractivity contribution in [1.29, 1.82) is 0 Å². The van der Waals surface area contributed by atoms with Gasteiger partial charge >= 0.3 is 6.09 Å². The number of nitrogens with one attached hydrogen (secondary N) is 3. The number of halogens is 1. The normalized spacial score (nSPS) is 16.0. The number of nitrogens with zero attached hydrogens (tertiary/aromatic N) is 1. The van der Waals surface area contributed by atoms with Crippen LogP contribution in [0, 0.1) is 11.7 Å². The molecule has 36 heavy (non-hydrogen) atoms. The standard InChI is InChI=1S/C25H37FN4O5S/c1-16(21(31)28-19-8-6-18(26)7-9-19)27-22(32)17-10-13-30(14-11-17)23(33)20(12-15-36-5)29-24(34)35-25(2,3)4/h6-9,16-17,20H,10-15H2,1-5H3,(H,27,32)(H,28,31)(H,29,34). The number of thioether (sulfide) groups is 1. The molecule has 1 aliphatic heterocycles. The number of alkyl carbamates (subject to hydrolysis) is 1. The quantitative estimate of drug-likeness (QED) is 0.457. The van der Waals surface area contributed by atoms with E-state index < -0.39 is 35.5 Å². The highest BCUT2D eigenvalue weighted by Gasteiger charge is 2.33. The van der Waals surface area contributed by atoms with E-state index in [2.05, 4.69) is 16.0 Å². The van der Waals surface area contributed by atoms with Gasteiger partial charge in [0.25, 0.3) is 0 Å². The van der Waals surface area contributed by atoms with Gasteiger partial charge in [-0.2, -0.15) is 11.8 Å². The summed E-state index contributed by atoms with van der Waals surface area (Å²) in [5, 5.41) is 8.05. The molecule has 2 rings (SSSR count). The first kappa shape index (κ1) is 29.4. The Morgan fingerprint density at radius 1 is 1.11 bits per heavy atom. The fourth-order valence-corrected chi connectivity index (χ4v) is 4.18. The Labute approximate surface area is 216 Å². The summed E-state index contributed by atoms with van der Waals surface area (Å²) in [5.74, 6) is -0.903. The van der Waals surface area contributed by atoms with Crippen molar-refractivity contribution in [3.05, 3.63) is 30.1 Å². The van der Waals surface area contributed by atoms with Crippen LogP contribution in [0.4, 0.5) is 14.9 Å². The van der Waals surface area contributed by atoms with Crippen LogP contribution >= 0.6 is 11.8 Å². The van der Waals surface area contributed by atoms with Gasteiger partial charge in [0, 0.05) is 24.7 Å². The SMILES string of the molecule is CSCCC(NC(=O)OC(C)(C)C)C(=O)N1CCC(C(=O)NC(C)C(=O)Nc2ccc(F)cc2)CC1. The lowest BCUT2D eigenvalue weighted by molar-refractivity contribution is -0.137. The number of piperidine rings is 1. The number of anilines is 1. The van der Waals surface area contributed by atoms with Gasteiger partial charge < -0.3 is 25.6 Å². The fourth-order valence-electron chi connectivity index (χ4n) is 3.71. The third-order valence-corrected chi connectivity index (χ3v) is 6.28. The van der Waals surface area contributed by atoms with E-state index in [4.69, 9.17) is 4.74 Å². The van der Waals surface area contributed by atoms with Crippen LogP contribution in [-0.2, 0) is 19.1 Å². The van der Waals surface area contributed by atoms with E-state index >= 15 is 0 Å². The van der Waals surface area contributed by atoms with Gasteiger partial charge in [0.2, 0.25) is 17.7 Å². The Balaban J connectivity index is 1.86. The summed E-state index contributed by atoms with van der Waals surface area (Å²) < 4.78 is 18.3. The molecule has 2 unspecified atom stereocenters. The predicted molar refractivity (Wildman–Crippen MR) is 138 cm³/mol. The maximum absolute atomic E-state index is 13.1. The third kappa shape index (κ3) is 9.67. The van der Waals surface area contributed by atoms with Crippen LogP contribution < -0.4 is 16.0 Å². The van der Waals surface area contributed by atoms with Crippen molar-refractivity contribution in [2.75, 3.05) is 30.4 Å². The largest absolute Gasteiger partial charge is 0.444 e. The summed E-state index contributed by atoms with van der Waals surface area (Å²) >= 11 is 1.58. The number of ether oxygens (including phenoxy) is 1. The number of amides is 4. The molecule has 200 valence electrons. The van der Waals surface area contributed by atoms with E-state index in [1.165, 1.54) is 24.3 Å². The zero-order valence-electron chi connectivity index (χ0n) is 21.6. The molecule has 3 N–H and O–H groups in total. The van der Waals surface area contributed by atoms with Crippen LogP contribution in [0.15, 0.2) is 24.3 Å². The second-order valence-electron chi connectivity index (χ2n) is 9.81. The molecule has 0 saturated carbocycles. The van der Waals surface area contributed by atoms with Gasteiger partial charge in [-0.3, -0.25) is 14.4 Å². The van der Waals surface area contributed by atoms with Crippen molar-refractivity contribution in [2.24, 2.45) is 5.92 Å². The lowest BCUT2D eigenvalue weighted by atomic mass is 9.95. The molecule has 4 amide bonds. The molecule has 9 nitrogen and oxygen atoms in total. The van der Waals surface area contributed by atoms with E-state index in [1.54, 1.807) is 44.4 Å². The number of rotatable bonds is 9. The highest BCUT2D eigenvalue weighted by atomic mass is 32.2. The molecule has 1 fully saturated rings. The molecule has 2 atom stereocenters. The molecule has 1 heterocycles. The summed E-state index contributed by atoms with van der Waals surface area (Å²) in [6.45, 7) is 7.60. The molecule has 0 spiro atoms. The molecule has 0 bridgehead atoms. The first-order valence-electron chi connectivity index (χ1n) is 12.0.